The van der Waals surface area contributed by atoms with Crippen molar-refractivity contribution in [1.29, 1.82) is 0 Å². The van der Waals surface area contributed by atoms with Crippen LogP contribution in [0.15, 0.2) is 73.6 Å². The monoisotopic (exact) mass is 981 g/mol. The van der Waals surface area contributed by atoms with E-state index < -0.39 is 66.9 Å². The lowest BCUT2D eigenvalue weighted by atomic mass is 9.80. The molecule has 3 heterocycles. The summed E-state index contributed by atoms with van der Waals surface area (Å²) in [6.07, 6.45) is 6.26. The summed E-state index contributed by atoms with van der Waals surface area (Å²) >= 11 is 5.33. The van der Waals surface area contributed by atoms with Crippen LogP contribution in [0.1, 0.15) is 119 Å². The van der Waals surface area contributed by atoms with Crippen LogP contribution in [0, 0.1) is 0 Å². The zero-order chi connectivity index (χ0) is 48.4. The summed E-state index contributed by atoms with van der Waals surface area (Å²) in [5.41, 5.74) is 3.26. The molecule has 0 bridgehead atoms. The average Bonchev–Trinajstić information content (AvgIpc) is 3.23. The van der Waals surface area contributed by atoms with Crippen molar-refractivity contribution in [2.75, 3.05) is 6.16 Å². The van der Waals surface area contributed by atoms with Crippen LogP contribution in [0.25, 0.3) is 0 Å². The van der Waals surface area contributed by atoms with Gasteiger partial charge >= 0.3 is 47.6 Å². The number of nitrogens with zero attached hydrogens (tertiary/aromatic N) is 3. The maximum Gasteiger partial charge on any atom is 0.460 e. The molecule has 3 aromatic rings. The van der Waals surface area contributed by atoms with Gasteiger partial charge in [-0.3, -0.25) is 4.98 Å². The first-order valence-corrected chi connectivity index (χ1v) is 22.5. The zero-order valence-corrected chi connectivity index (χ0v) is 36.4. The standard InChI is InChI=1S/C42H49F17N3PS/c1-3-4-5-9-20-61-22-13-30(14-23-61)29(2)26-33(27-34(28-63-64)31-11-18-60-19-12-31)32-15-24-62(25-16-32)21-10-7-6-8-17-35(43,44)36(45,46)37(47,48)38(49,50)39(51,52)40(53,54)41(55,56)42(57,58)59/h11-16,18-19,22-25,29,33-34H,3-10,17,20-21,26-28H2,1-2H3/q+2. The van der Waals surface area contributed by atoms with E-state index in [1.807, 2.05) is 24.3 Å². The van der Waals surface area contributed by atoms with Gasteiger partial charge in [0.15, 0.2) is 24.8 Å². The molecule has 3 unspecified atom stereocenters. The lowest BCUT2D eigenvalue weighted by molar-refractivity contribution is -0.697. The minimum atomic E-state index is -8.62. The van der Waals surface area contributed by atoms with Crippen molar-refractivity contribution >= 4 is 19.2 Å². The van der Waals surface area contributed by atoms with E-state index in [-0.39, 0.29) is 37.1 Å². The summed E-state index contributed by atoms with van der Waals surface area (Å²) in [5, 5.41) is 0. The fourth-order valence-corrected chi connectivity index (χ4v) is 8.30. The van der Waals surface area contributed by atoms with Crippen molar-refractivity contribution in [2.45, 2.75) is 163 Å². The molecule has 0 N–H and O–H groups in total. The smallest absolute Gasteiger partial charge is 0.265 e. The number of alkyl halides is 17. The van der Waals surface area contributed by atoms with Gasteiger partial charge in [-0.15, -0.1) is 0 Å². The Morgan fingerprint density at radius 1 is 0.516 bits per heavy atom. The normalized spacial score (nSPS) is 15.4. The number of pyridine rings is 3. The number of halogens is 17. The molecule has 0 aliphatic rings. The van der Waals surface area contributed by atoms with Gasteiger partial charge in [0, 0.05) is 62.1 Å². The molecule has 3 rings (SSSR count). The lowest BCUT2D eigenvalue weighted by Crippen LogP contribution is -2.74. The first-order chi connectivity index (χ1) is 29.5. The summed E-state index contributed by atoms with van der Waals surface area (Å²) in [7, 11) is 0.786. The van der Waals surface area contributed by atoms with E-state index in [1.54, 1.807) is 29.4 Å². The molecule has 0 amide bonds. The molecule has 3 nitrogen and oxygen atoms in total. The number of hydrogen-bond acceptors (Lipinski definition) is 2. The SMILES string of the molecule is CCCCCC[n+]1ccc(C(C)CC(CC(CP=S)c2ccncc2)c2cc[n+](CCCCCCC(F)(F)C(F)(F)C(F)(F)C(F)(F)C(F)(F)C(F)(F)C(F)(F)C(F)(F)F)cc2)cc1. The summed E-state index contributed by atoms with van der Waals surface area (Å²) in [6, 6.07) is 11.9. The van der Waals surface area contributed by atoms with Gasteiger partial charge in [-0.1, -0.05) is 44.9 Å². The van der Waals surface area contributed by atoms with Gasteiger partial charge in [0.05, 0.1) is 0 Å². The van der Waals surface area contributed by atoms with Crippen molar-refractivity contribution < 1.29 is 83.8 Å². The van der Waals surface area contributed by atoms with E-state index in [1.165, 1.54) is 6.42 Å². The lowest BCUT2D eigenvalue weighted by Gasteiger charge is -2.42. The van der Waals surface area contributed by atoms with E-state index in [4.69, 9.17) is 11.8 Å². The van der Waals surface area contributed by atoms with Gasteiger partial charge in [-0.25, -0.2) is 9.13 Å². The molecule has 0 saturated carbocycles. The Morgan fingerprint density at radius 3 is 1.41 bits per heavy atom. The Kier molecular flexibility index (Phi) is 19.0. The Balaban J connectivity index is 1.67. The summed E-state index contributed by atoms with van der Waals surface area (Å²) in [4.78, 5) is 4.12. The minimum Gasteiger partial charge on any atom is -0.265 e. The molecule has 0 aliphatic carbocycles. The second kappa shape index (κ2) is 22.1. The Morgan fingerprint density at radius 2 is 0.938 bits per heavy atom. The van der Waals surface area contributed by atoms with Gasteiger partial charge in [-0.05, 0) is 86.0 Å². The van der Waals surface area contributed by atoms with Crippen LogP contribution in [0.2, 0.25) is 0 Å². The fourth-order valence-electron chi connectivity index (χ4n) is 7.22. The molecule has 0 fully saturated rings. The van der Waals surface area contributed by atoms with Crippen molar-refractivity contribution in [3.8, 4) is 0 Å². The van der Waals surface area contributed by atoms with Crippen LogP contribution in [-0.4, -0.2) is 58.8 Å². The first-order valence-electron chi connectivity index (χ1n) is 20.4. The van der Waals surface area contributed by atoms with Crippen molar-refractivity contribution in [1.82, 2.24) is 4.98 Å². The zero-order valence-electron chi connectivity index (χ0n) is 34.7. The molecular formula is C42H49F17N3PS+2. The highest BCUT2D eigenvalue weighted by molar-refractivity contribution is 7.96. The van der Waals surface area contributed by atoms with Crippen LogP contribution < -0.4 is 9.13 Å². The molecule has 3 aromatic heterocycles. The van der Waals surface area contributed by atoms with Crippen LogP contribution in [0.4, 0.5) is 74.6 Å². The fraction of sp³-hybridized carbons (Fsp3) is 0.643. The van der Waals surface area contributed by atoms with E-state index in [2.05, 4.69) is 47.9 Å². The Labute approximate surface area is 366 Å². The number of unbranched alkanes of at least 4 members (excludes halogenated alkanes) is 6. The Bertz CT molecular complexity index is 1880. The van der Waals surface area contributed by atoms with Crippen molar-refractivity contribution in [3.05, 3.63) is 90.3 Å². The highest BCUT2D eigenvalue weighted by Gasteiger charge is 2.95. The van der Waals surface area contributed by atoms with Gasteiger partial charge < -0.3 is 0 Å². The predicted octanol–water partition coefficient (Wildman–Crippen LogP) is 14.1. The van der Waals surface area contributed by atoms with E-state index in [0.717, 1.165) is 68.9 Å². The van der Waals surface area contributed by atoms with Crippen molar-refractivity contribution in [2.24, 2.45) is 0 Å². The van der Waals surface area contributed by atoms with E-state index >= 15 is 0 Å². The van der Waals surface area contributed by atoms with Gasteiger partial charge in [0.25, 0.3) is 0 Å². The second-order valence-electron chi connectivity index (χ2n) is 16.0. The largest absolute Gasteiger partial charge is 0.460 e. The third kappa shape index (κ3) is 12.2. The average molecular weight is 982 g/mol. The third-order valence-corrected chi connectivity index (χ3v) is 12.3. The molecule has 0 aromatic carbocycles. The number of rotatable bonds is 27. The third-order valence-electron chi connectivity index (χ3n) is 11.3. The molecule has 0 spiro atoms. The first kappa shape index (κ1) is 55.1. The number of aromatic nitrogens is 3. The maximum absolute atomic E-state index is 14.3. The highest BCUT2D eigenvalue weighted by Crippen LogP contribution is 2.64. The molecule has 0 aliphatic heterocycles. The predicted molar refractivity (Wildman–Crippen MR) is 208 cm³/mol. The minimum absolute atomic E-state index is 0.0519. The van der Waals surface area contributed by atoms with Crippen LogP contribution in [0.3, 0.4) is 0 Å². The molecular weight excluding hydrogens is 932 g/mol. The van der Waals surface area contributed by atoms with Gasteiger partial charge in [-0.2, -0.15) is 74.6 Å². The van der Waals surface area contributed by atoms with Crippen LogP contribution in [0.5, 0.6) is 0 Å². The summed E-state index contributed by atoms with van der Waals surface area (Å²) < 4.78 is 235. The number of aryl methyl sites for hydroxylation is 2. The topological polar surface area (TPSA) is 20.6 Å². The quantitative estimate of drug-likeness (QED) is 0.0328. The number of hydrogen-bond donors (Lipinski definition) is 0. The van der Waals surface area contributed by atoms with Crippen molar-refractivity contribution in [3.63, 3.8) is 0 Å². The highest BCUT2D eigenvalue weighted by atomic mass is 32.4. The maximum atomic E-state index is 14.3. The molecule has 0 saturated heterocycles. The molecule has 360 valence electrons. The second-order valence-corrected chi connectivity index (χ2v) is 17.4. The van der Waals surface area contributed by atoms with E-state index in [0.29, 0.717) is 0 Å². The van der Waals surface area contributed by atoms with Crippen LogP contribution in [-0.2, 0) is 24.9 Å². The van der Waals surface area contributed by atoms with Gasteiger partial charge in [0.2, 0.25) is 0 Å². The van der Waals surface area contributed by atoms with Gasteiger partial charge in [0.1, 0.15) is 13.1 Å². The summed E-state index contributed by atoms with van der Waals surface area (Å²) in [6.45, 7) is 5.45. The van der Waals surface area contributed by atoms with Crippen LogP contribution >= 0.6 is 7.36 Å². The summed E-state index contributed by atoms with van der Waals surface area (Å²) in [5.74, 6) is -55.8. The molecule has 22 heteroatoms. The molecule has 64 heavy (non-hydrogen) atoms. The molecule has 3 atom stereocenters. The van der Waals surface area contributed by atoms with E-state index in [9.17, 15) is 74.6 Å². The molecule has 0 radical (unpaired) electrons. The Hall–Kier alpha value is -3.22.